The van der Waals surface area contributed by atoms with E-state index in [1.54, 1.807) is 24.3 Å². The fourth-order valence-corrected chi connectivity index (χ4v) is 2.39. The lowest BCUT2D eigenvalue weighted by Crippen LogP contribution is -2.09. The fraction of sp³-hybridized carbons (Fsp3) is 0.188. The predicted molar refractivity (Wildman–Crippen MR) is 79.3 cm³/mol. The van der Waals surface area contributed by atoms with E-state index in [1.807, 2.05) is 0 Å². The van der Waals surface area contributed by atoms with E-state index in [-0.39, 0.29) is 27.5 Å². The van der Waals surface area contributed by atoms with E-state index in [1.165, 1.54) is 21.0 Å². The number of benzene rings is 2. The van der Waals surface area contributed by atoms with Crippen LogP contribution in [0.4, 0.5) is 4.39 Å². The number of phenolic OH excluding ortho intramolecular Hbond substituents is 1. The minimum Gasteiger partial charge on any atom is -0.507 e. The van der Waals surface area contributed by atoms with Crippen LogP contribution in [0, 0.1) is 19.7 Å². The average Bonchev–Trinajstić information content (AvgIpc) is 2.49. The predicted octanol–water partition coefficient (Wildman–Crippen LogP) is 4.26. The number of esters is 1. The van der Waals surface area contributed by atoms with Crippen molar-refractivity contribution in [1.29, 1.82) is 0 Å². The van der Waals surface area contributed by atoms with Gasteiger partial charge in [0.05, 0.1) is 7.11 Å². The molecule has 0 unspecified atom stereocenters. The number of rotatable bonds is 2. The van der Waals surface area contributed by atoms with E-state index in [2.05, 4.69) is 4.74 Å². The average molecular weight is 309 g/mol. The molecule has 0 aliphatic rings. The zero-order valence-electron chi connectivity index (χ0n) is 11.8. The van der Waals surface area contributed by atoms with Crippen LogP contribution < -0.4 is 0 Å². The molecule has 5 heteroatoms. The van der Waals surface area contributed by atoms with Crippen molar-refractivity contribution in [1.82, 2.24) is 0 Å². The molecule has 2 aromatic carbocycles. The second kappa shape index (κ2) is 5.74. The Kier molecular flexibility index (Phi) is 4.19. The van der Waals surface area contributed by atoms with Gasteiger partial charge in [0, 0.05) is 16.1 Å². The molecule has 2 rings (SSSR count). The lowest BCUT2D eigenvalue weighted by molar-refractivity contribution is 0.0597. The van der Waals surface area contributed by atoms with Gasteiger partial charge in [-0.25, -0.2) is 9.18 Å². The smallest absolute Gasteiger partial charge is 0.342 e. The van der Waals surface area contributed by atoms with Crippen LogP contribution in [-0.4, -0.2) is 18.2 Å². The summed E-state index contributed by atoms with van der Waals surface area (Å²) in [5.74, 6) is -1.71. The molecule has 3 nitrogen and oxygen atoms in total. The van der Waals surface area contributed by atoms with Crippen LogP contribution in [0.3, 0.4) is 0 Å². The lowest BCUT2D eigenvalue weighted by Gasteiger charge is -2.17. The standard InChI is InChI=1S/C16H14ClFO3/c1-8-9(2)15(19)13(16(20)21-3)12(14(8)18)10-6-4-5-7-11(10)17/h4-7,19H,1-3H3. The number of hydrogen-bond acceptors (Lipinski definition) is 3. The summed E-state index contributed by atoms with van der Waals surface area (Å²) >= 11 is 6.09. The number of aromatic hydroxyl groups is 1. The highest BCUT2D eigenvalue weighted by Gasteiger charge is 2.27. The van der Waals surface area contributed by atoms with Crippen molar-refractivity contribution in [3.05, 3.63) is 51.8 Å². The van der Waals surface area contributed by atoms with Gasteiger partial charge in [-0.1, -0.05) is 29.8 Å². The zero-order chi connectivity index (χ0) is 15.7. The van der Waals surface area contributed by atoms with Crippen molar-refractivity contribution >= 4 is 17.6 Å². The number of hydrogen-bond donors (Lipinski definition) is 1. The molecule has 0 aliphatic heterocycles. The van der Waals surface area contributed by atoms with Crippen molar-refractivity contribution in [2.75, 3.05) is 7.11 Å². The Hall–Kier alpha value is -2.07. The zero-order valence-corrected chi connectivity index (χ0v) is 12.6. The quantitative estimate of drug-likeness (QED) is 0.843. The Morgan fingerprint density at radius 1 is 1.24 bits per heavy atom. The molecule has 0 radical (unpaired) electrons. The summed E-state index contributed by atoms with van der Waals surface area (Å²) in [6.07, 6.45) is 0. The van der Waals surface area contributed by atoms with Gasteiger partial charge < -0.3 is 9.84 Å². The van der Waals surface area contributed by atoms with Gasteiger partial charge in [-0.15, -0.1) is 0 Å². The van der Waals surface area contributed by atoms with Gasteiger partial charge in [0.25, 0.3) is 0 Å². The van der Waals surface area contributed by atoms with Crippen LogP contribution in [0.15, 0.2) is 24.3 Å². The van der Waals surface area contributed by atoms with Crippen LogP contribution in [0.25, 0.3) is 11.1 Å². The van der Waals surface area contributed by atoms with Gasteiger partial charge in [0.15, 0.2) is 0 Å². The molecular weight excluding hydrogens is 295 g/mol. The lowest BCUT2D eigenvalue weighted by atomic mass is 9.92. The summed E-state index contributed by atoms with van der Waals surface area (Å²) in [5.41, 5.74) is 0.619. The van der Waals surface area contributed by atoms with Gasteiger partial charge in [-0.2, -0.15) is 0 Å². The molecule has 0 fully saturated rings. The maximum Gasteiger partial charge on any atom is 0.342 e. The molecule has 0 saturated carbocycles. The minimum absolute atomic E-state index is 0.0481. The van der Waals surface area contributed by atoms with Gasteiger partial charge >= 0.3 is 5.97 Å². The van der Waals surface area contributed by atoms with Gasteiger partial charge in [0.2, 0.25) is 0 Å². The molecular formula is C16H14ClFO3. The van der Waals surface area contributed by atoms with Crippen LogP contribution in [0.1, 0.15) is 21.5 Å². The first kappa shape index (κ1) is 15.3. The summed E-state index contributed by atoms with van der Waals surface area (Å²) in [7, 11) is 1.17. The number of phenols is 1. The molecule has 0 atom stereocenters. The van der Waals surface area contributed by atoms with Gasteiger partial charge in [-0.05, 0) is 31.0 Å². The molecule has 0 spiro atoms. The fourth-order valence-electron chi connectivity index (χ4n) is 2.16. The van der Waals surface area contributed by atoms with Crippen LogP contribution in [0.2, 0.25) is 5.02 Å². The van der Waals surface area contributed by atoms with Crippen LogP contribution >= 0.6 is 11.6 Å². The summed E-state index contributed by atoms with van der Waals surface area (Å²) in [6, 6.07) is 6.54. The topological polar surface area (TPSA) is 46.5 Å². The molecule has 110 valence electrons. The van der Waals surface area contributed by atoms with E-state index in [0.29, 0.717) is 11.1 Å². The SMILES string of the molecule is COC(=O)c1c(O)c(C)c(C)c(F)c1-c1ccccc1Cl. The summed E-state index contributed by atoms with van der Waals surface area (Å²) in [4.78, 5) is 12.0. The van der Waals surface area contributed by atoms with Gasteiger partial charge in [-0.3, -0.25) is 0 Å². The normalized spacial score (nSPS) is 10.5. The number of methoxy groups -OCH3 is 1. The van der Waals surface area contributed by atoms with Crippen molar-refractivity contribution in [3.8, 4) is 16.9 Å². The highest BCUT2D eigenvalue weighted by Crippen LogP contribution is 2.40. The molecule has 21 heavy (non-hydrogen) atoms. The first-order valence-corrected chi connectivity index (χ1v) is 6.62. The Bertz CT molecular complexity index is 726. The van der Waals surface area contributed by atoms with E-state index in [4.69, 9.17) is 11.6 Å². The van der Waals surface area contributed by atoms with Gasteiger partial charge in [0.1, 0.15) is 17.1 Å². The Labute approximate surface area is 126 Å². The molecule has 0 heterocycles. The Morgan fingerprint density at radius 3 is 2.43 bits per heavy atom. The summed E-state index contributed by atoms with van der Waals surface area (Å²) < 4.78 is 19.3. The highest BCUT2D eigenvalue weighted by molar-refractivity contribution is 6.33. The molecule has 1 N–H and O–H groups in total. The van der Waals surface area contributed by atoms with Crippen LogP contribution in [0.5, 0.6) is 5.75 Å². The first-order chi connectivity index (χ1) is 9.90. The van der Waals surface area contributed by atoms with Crippen molar-refractivity contribution in [2.45, 2.75) is 13.8 Å². The number of halogens is 2. The van der Waals surface area contributed by atoms with E-state index in [0.717, 1.165) is 0 Å². The third kappa shape index (κ3) is 2.47. The molecule has 0 saturated heterocycles. The minimum atomic E-state index is -0.815. The van der Waals surface area contributed by atoms with Crippen LogP contribution in [-0.2, 0) is 4.74 Å². The maximum absolute atomic E-state index is 14.7. The summed E-state index contributed by atoms with van der Waals surface area (Å²) in [6.45, 7) is 3.07. The first-order valence-electron chi connectivity index (χ1n) is 6.25. The number of ether oxygens (including phenoxy) is 1. The second-order valence-electron chi connectivity index (χ2n) is 4.63. The molecule has 2 aromatic rings. The molecule has 0 amide bonds. The molecule has 0 aromatic heterocycles. The third-order valence-corrected chi connectivity index (χ3v) is 3.82. The number of carbonyl (C=O) groups is 1. The highest BCUT2D eigenvalue weighted by atomic mass is 35.5. The second-order valence-corrected chi connectivity index (χ2v) is 5.04. The third-order valence-electron chi connectivity index (χ3n) is 3.49. The largest absolute Gasteiger partial charge is 0.507 e. The van der Waals surface area contributed by atoms with Crippen molar-refractivity contribution in [3.63, 3.8) is 0 Å². The monoisotopic (exact) mass is 308 g/mol. The summed E-state index contributed by atoms with van der Waals surface area (Å²) in [5, 5.41) is 10.5. The van der Waals surface area contributed by atoms with E-state index in [9.17, 15) is 14.3 Å². The van der Waals surface area contributed by atoms with Crippen molar-refractivity contribution in [2.24, 2.45) is 0 Å². The van der Waals surface area contributed by atoms with E-state index >= 15 is 0 Å². The Balaban J connectivity index is 2.93. The maximum atomic E-state index is 14.7. The molecule has 0 aliphatic carbocycles. The molecule has 0 bridgehead atoms. The van der Waals surface area contributed by atoms with E-state index < -0.39 is 11.8 Å². The number of carbonyl (C=O) groups excluding carboxylic acids is 1. The van der Waals surface area contributed by atoms with Crippen molar-refractivity contribution < 1.29 is 19.0 Å². The Morgan fingerprint density at radius 2 is 1.86 bits per heavy atom.